The van der Waals surface area contributed by atoms with Crippen LogP contribution in [0.15, 0.2) is 182 Å². The number of nitrogens with zero attached hydrogens (tertiary/aromatic N) is 2. The number of anilines is 3. The molecule has 228 valence electrons. The fourth-order valence-electron chi connectivity index (χ4n) is 7.43. The number of hydrogen-bond acceptors (Lipinski definition) is 2. The largest absolute Gasteiger partial charge is 0.310 e. The Morgan fingerprint density at radius 2 is 0.898 bits per heavy atom. The predicted molar refractivity (Wildman–Crippen MR) is 207 cm³/mol. The Morgan fingerprint density at radius 1 is 0.367 bits per heavy atom. The van der Waals surface area contributed by atoms with E-state index < -0.39 is 0 Å². The van der Waals surface area contributed by atoms with Gasteiger partial charge < -0.3 is 4.90 Å². The van der Waals surface area contributed by atoms with Gasteiger partial charge in [0.05, 0.1) is 11.6 Å². The monoisotopic (exact) mass is 622 g/mol. The average molecular weight is 623 g/mol. The maximum absolute atomic E-state index is 9.74. The lowest BCUT2D eigenvalue weighted by atomic mass is 9.85. The van der Waals surface area contributed by atoms with E-state index in [1.165, 1.54) is 59.8 Å². The summed E-state index contributed by atoms with van der Waals surface area (Å²) in [5.41, 5.74) is 8.53. The van der Waals surface area contributed by atoms with Gasteiger partial charge in [-0.3, -0.25) is 0 Å². The summed E-state index contributed by atoms with van der Waals surface area (Å²) in [6, 6.07) is 66.9. The van der Waals surface area contributed by atoms with Gasteiger partial charge in [-0.1, -0.05) is 140 Å². The molecule has 0 N–H and O–H groups in total. The first kappa shape index (κ1) is 28.5. The summed E-state index contributed by atoms with van der Waals surface area (Å²) >= 11 is 0. The molecule has 9 aromatic carbocycles. The number of hydrogen-bond donors (Lipinski definition) is 0. The minimum absolute atomic E-state index is 0.629. The van der Waals surface area contributed by atoms with Gasteiger partial charge in [-0.25, -0.2) is 0 Å². The molecule has 9 rings (SSSR count). The predicted octanol–water partition coefficient (Wildman–Crippen LogP) is 13.0. The van der Waals surface area contributed by atoms with Crippen molar-refractivity contribution in [1.82, 2.24) is 0 Å². The Bertz CT molecular complexity index is 2670. The molecule has 0 aliphatic rings. The molecule has 0 unspecified atom stereocenters. The first-order chi connectivity index (χ1) is 24.3. The molecule has 2 nitrogen and oxygen atoms in total. The van der Waals surface area contributed by atoms with Gasteiger partial charge >= 0.3 is 0 Å². The highest BCUT2D eigenvalue weighted by molar-refractivity contribution is 6.23. The molecule has 0 amide bonds. The number of rotatable bonds is 5. The molecule has 0 fully saturated rings. The Kier molecular flexibility index (Phi) is 6.89. The van der Waals surface area contributed by atoms with Crippen molar-refractivity contribution in [3.63, 3.8) is 0 Å². The van der Waals surface area contributed by atoms with Gasteiger partial charge in [-0.15, -0.1) is 0 Å². The van der Waals surface area contributed by atoms with Crippen LogP contribution in [0.5, 0.6) is 0 Å². The topological polar surface area (TPSA) is 27.0 Å². The molecule has 0 bridgehead atoms. The summed E-state index contributed by atoms with van der Waals surface area (Å²) in [7, 11) is 0. The molecule has 9 aromatic rings. The van der Waals surface area contributed by atoms with E-state index in [1.54, 1.807) is 0 Å². The second kappa shape index (κ2) is 11.8. The molecule has 0 spiro atoms. The van der Waals surface area contributed by atoms with E-state index in [1.807, 2.05) is 18.2 Å². The maximum atomic E-state index is 9.74. The zero-order chi connectivity index (χ0) is 32.7. The summed E-state index contributed by atoms with van der Waals surface area (Å²) in [6.45, 7) is 0. The van der Waals surface area contributed by atoms with Gasteiger partial charge in [0.15, 0.2) is 0 Å². The minimum atomic E-state index is 0.629. The summed E-state index contributed by atoms with van der Waals surface area (Å²) < 4.78 is 0. The first-order valence-corrected chi connectivity index (χ1v) is 16.6. The normalized spacial score (nSPS) is 11.2. The van der Waals surface area contributed by atoms with Crippen LogP contribution in [0.2, 0.25) is 0 Å². The number of benzene rings is 9. The van der Waals surface area contributed by atoms with Gasteiger partial charge in [0, 0.05) is 17.1 Å². The molecular formula is C47H30N2. The molecule has 0 radical (unpaired) electrons. The quantitative estimate of drug-likeness (QED) is 0.179. The van der Waals surface area contributed by atoms with Crippen LogP contribution in [-0.2, 0) is 0 Å². The van der Waals surface area contributed by atoms with E-state index in [4.69, 9.17) is 0 Å². The van der Waals surface area contributed by atoms with Crippen molar-refractivity contribution in [1.29, 1.82) is 5.26 Å². The smallest absolute Gasteiger partial charge is 0.0992 e. The highest BCUT2D eigenvalue weighted by Gasteiger charge is 2.19. The van der Waals surface area contributed by atoms with E-state index >= 15 is 0 Å². The van der Waals surface area contributed by atoms with Crippen molar-refractivity contribution in [2.45, 2.75) is 0 Å². The molecule has 0 heterocycles. The highest BCUT2D eigenvalue weighted by Crippen LogP contribution is 2.46. The van der Waals surface area contributed by atoms with Crippen LogP contribution in [0.3, 0.4) is 0 Å². The van der Waals surface area contributed by atoms with E-state index in [9.17, 15) is 5.26 Å². The SMILES string of the molecule is N#Cc1cccc(N(c2ccc(-c3c4ccccc4c(-c4cccc5ccccc45)c4ccccc34)cc2)c2ccc3ccccc3c2)c1. The summed E-state index contributed by atoms with van der Waals surface area (Å²) in [6.07, 6.45) is 0. The number of fused-ring (bicyclic) bond motifs is 4. The lowest BCUT2D eigenvalue weighted by Gasteiger charge is -2.26. The van der Waals surface area contributed by atoms with Crippen LogP contribution < -0.4 is 4.90 Å². The van der Waals surface area contributed by atoms with Gasteiger partial charge in [0.1, 0.15) is 0 Å². The van der Waals surface area contributed by atoms with Crippen LogP contribution in [0, 0.1) is 11.3 Å². The van der Waals surface area contributed by atoms with Gasteiger partial charge in [-0.2, -0.15) is 5.26 Å². The molecule has 49 heavy (non-hydrogen) atoms. The lowest BCUT2D eigenvalue weighted by Crippen LogP contribution is -2.10. The van der Waals surface area contributed by atoms with E-state index in [2.05, 4.69) is 175 Å². The van der Waals surface area contributed by atoms with Crippen LogP contribution in [0.4, 0.5) is 17.1 Å². The van der Waals surface area contributed by atoms with Crippen LogP contribution >= 0.6 is 0 Å². The minimum Gasteiger partial charge on any atom is -0.310 e. The number of nitriles is 1. The van der Waals surface area contributed by atoms with E-state index in [-0.39, 0.29) is 0 Å². The van der Waals surface area contributed by atoms with Crippen molar-refractivity contribution in [3.05, 3.63) is 188 Å². The highest BCUT2D eigenvalue weighted by atomic mass is 15.1. The second-order valence-corrected chi connectivity index (χ2v) is 12.4. The molecule has 2 heteroatoms. The van der Waals surface area contributed by atoms with Crippen LogP contribution in [0.1, 0.15) is 5.56 Å². The second-order valence-electron chi connectivity index (χ2n) is 12.4. The standard InChI is InChI=1S/C47H30N2/c48-31-32-11-9-16-38(29-32)49(39-28-23-33-12-1-2-14-36(33)30-39)37-26-24-35(25-27-37)46-42-18-5-7-20-44(42)47(45-21-8-6-19-43(45)46)41-22-10-15-34-13-3-4-17-40(34)41/h1-30H. The molecule has 0 saturated heterocycles. The fourth-order valence-corrected chi connectivity index (χ4v) is 7.43. The van der Waals surface area contributed by atoms with E-state index in [0.717, 1.165) is 22.6 Å². The van der Waals surface area contributed by atoms with Crippen molar-refractivity contribution in [2.75, 3.05) is 4.90 Å². The summed E-state index contributed by atoms with van der Waals surface area (Å²) in [5.74, 6) is 0. The van der Waals surface area contributed by atoms with Crippen molar-refractivity contribution >= 4 is 60.2 Å². The third-order valence-corrected chi connectivity index (χ3v) is 9.63. The van der Waals surface area contributed by atoms with Gasteiger partial charge in [0.25, 0.3) is 0 Å². The third kappa shape index (κ3) is 4.89. The molecule has 0 aromatic heterocycles. The summed E-state index contributed by atoms with van der Waals surface area (Å²) in [4.78, 5) is 2.23. The molecular weight excluding hydrogens is 593 g/mol. The Balaban J connectivity index is 1.24. The van der Waals surface area contributed by atoms with Gasteiger partial charge in [-0.05, 0) is 108 Å². The molecule has 0 atom stereocenters. The zero-order valence-corrected chi connectivity index (χ0v) is 26.7. The Hall–Kier alpha value is -6.69. The van der Waals surface area contributed by atoms with Gasteiger partial charge in [0.2, 0.25) is 0 Å². The molecule has 0 aliphatic heterocycles. The van der Waals surface area contributed by atoms with E-state index in [0.29, 0.717) is 5.56 Å². The lowest BCUT2D eigenvalue weighted by molar-refractivity contribution is 1.28. The molecule has 0 saturated carbocycles. The maximum Gasteiger partial charge on any atom is 0.0992 e. The van der Waals surface area contributed by atoms with Crippen molar-refractivity contribution in [2.24, 2.45) is 0 Å². The Morgan fingerprint density at radius 3 is 1.59 bits per heavy atom. The third-order valence-electron chi connectivity index (χ3n) is 9.63. The average Bonchev–Trinajstić information content (AvgIpc) is 3.17. The Labute approximate surface area is 285 Å². The zero-order valence-electron chi connectivity index (χ0n) is 26.7. The van der Waals surface area contributed by atoms with Crippen LogP contribution in [0.25, 0.3) is 65.3 Å². The molecule has 0 aliphatic carbocycles. The first-order valence-electron chi connectivity index (χ1n) is 16.6. The van der Waals surface area contributed by atoms with Crippen molar-refractivity contribution in [3.8, 4) is 28.3 Å². The van der Waals surface area contributed by atoms with Crippen LogP contribution in [-0.4, -0.2) is 0 Å². The van der Waals surface area contributed by atoms with Crippen molar-refractivity contribution < 1.29 is 0 Å². The fraction of sp³-hybridized carbons (Fsp3) is 0. The summed E-state index contributed by atoms with van der Waals surface area (Å²) in [5, 5.41) is 19.5.